The molecule has 1 atom stereocenters. The van der Waals surface area contributed by atoms with Gasteiger partial charge in [0.05, 0.1) is 32.1 Å². The third-order valence-corrected chi connectivity index (χ3v) is 2.30. The maximum absolute atomic E-state index is 9.38. The van der Waals surface area contributed by atoms with E-state index in [2.05, 4.69) is 10.3 Å². The zero-order valence-corrected chi connectivity index (χ0v) is 9.02. The quantitative estimate of drug-likeness (QED) is 0.642. The first kappa shape index (κ1) is 11.8. The average Bonchev–Trinajstić information content (AvgIpc) is 2.96. The molecule has 0 amide bonds. The third kappa shape index (κ3) is 2.36. The van der Waals surface area contributed by atoms with Crippen molar-refractivity contribution in [2.45, 2.75) is 19.3 Å². The van der Waals surface area contributed by atoms with Crippen molar-refractivity contribution in [3.8, 4) is 11.5 Å². The van der Waals surface area contributed by atoms with Gasteiger partial charge in [0, 0.05) is 0 Å². The second-order valence-electron chi connectivity index (χ2n) is 3.54. The minimum absolute atomic E-state index is 0.0829. The summed E-state index contributed by atoms with van der Waals surface area (Å²) in [6.45, 7) is -0.559. The smallest absolute Gasteiger partial charge is 0.153 e. The number of aliphatic hydroxyl groups is 3. The van der Waals surface area contributed by atoms with Crippen LogP contribution < -0.4 is 0 Å². The summed E-state index contributed by atoms with van der Waals surface area (Å²) in [5.41, 5.74) is 0.870. The molecule has 7 heteroatoms. The molecule has 92 valence electrons. The maximum Gasteiger partial charge on any atom is 0.153 e. The average molecular weight is 239 g/mol. The highest BCUT2D eigenvalue weighted by atomic mass is 16.3. The largest absolute Gasteiger partial charge is 0.463 e. The zero-order chi connectivity index (χ0) is 12.3. The Labute approximate surface area is 96.9 Å². The highest BCUT2D eigenvalue weighted by molar-refractivity contribution is 5.54. The molecule has 2 heterocycles. The van der Waals surface area contributed by atoms with Crippen LogP contribution in [0.5, 0.6) is 0 Å². The van der Waals surface area contributed by atoms with Crippen molar-refractivity contribution in [2.24, 2.45) is 0 Å². The molecule has 0 bridgehead atoms. The topological polar surface area (TPSA) is 105 Å². The van der Waals surface area contributed by atoms with Gasteiger partial charge in [-0.2, -0.15) is 0 Å². The number of hydrogen-bond donors (Lipinski definition) is 3. The van der Waals surface area contributed by atoms with E-state index in [0.717, 1.165) is 0 Å². The van der Waals surface area contributed by atoms with E-state index in [0.29, 0.717) is 17.1 Å². The minimum Gasteiger partial charge on any atom is -0.463 e. The summed E-state index contributed by atoms with van der Waals surface area (Å²) >= 11 is 0. The van der Waals surface area contributed by atoms with Gasteiger partial charge in [0.25, 0.3) is 0 Å². The Morgan fingerprint density at radius 2 is 2.24 bits per heavy atom. The van der Waals surface area contributed by atoms with Crippen molar-refractivity contribution in [3.63, 3.8) is 0 Å². The SMILES string of the molecule is OCc1nnn(CC(O)CO)c1-c1ccco1. The highest BCUT2D eigenvalue weighted by Gasteiger charge is 2.18. The van der Waals surface area contributed by atoms with Crippen LogP contribution in [0.15, 0.2) is 22.8 Å². The molecule has 0 aliphatic rings. The molecule has 7 nitrogen and oxygen atoms in total. The van der Waals surface area contributed by atoms with Crippen LogP contribution in [-0.4, -0.2) is 43.0 Å². The van der Waals surface area contributed by atoms with Crippen LogP contribution in [0, 0.1) is 0 Å². The Kier molecular flexibility index (Phi) is 3.52. The Balaban J connectivity index is 2.36. The number of aromatic nitrogens is 3. The zero-order valence-electron chi connectivity index (χ0n) is 9.02. The van der Waals surface area contributed by atoms with Gasteiger partial charge < -0.3 is 19.7 Å². The molecule has 2 aromatic rings. The van der Waals surface area contributed by atoms with Gasteiger partial charge in [0.15, 0.2) is 5.76 Å². The van der Waals surface area contributed by atoms with E-state index in [9.17, 15) is 5.11 Å². The Hall–Kier alpha value is -1.70. The molecule has 0 spiro atoms. The molecule has 0 aliphatic heterocycles. The van der Waals surface area contributed by atoms with Crippen LogP contribution in [0.1, 0.15) is 5.69 Å². The molecular weight excluding hydrogens is 226 g/mol. The molecule has 2 aromatic heterocycles. The fraction of sp³-hybridized carbons (Fsp3) is 0.400. The molecule has 17 heavy (non-hydrogen) atoms. The molecule has 2 rings (SSSR count). The third-order valence-electron chi connectivity index (χ3n) is 2.30. The monoisotopic (exact) mass is 239 g/mol. The van der Waals surface area contributed by atoms with Gasteiger partial charge in [-0.25, -0.2) is 4.68 Å². The molecule has 3 N–H and O–H groups in total. The summed E-state index contributed by atoms with van der Waals surface area (Å²) in [6.07, 6.45) is 0.563. The fourth-order valence-electron chi connectivity index (χ4n) is 1.52. The number of rotatable bonds is 5. The van der Waals surface area contributed by atoms with Gasteiger partial charge in [-0.3, -0.25) is 0 Å². The van der Waals surface area contributed by atoms with Gasteiger partial charge >= 0.3 is 0 Å². The molecule has 1 unspecified atom stereocenters. The first-order valence-electron chi connectivity index (χ1n) is 5.12. The second kappa shape index (κ2) is 5.09. The lowest BCUT2D eigenvalue weighted by Crippen LogP contribution is -2.21. The van der Waals surface area contributed by atoms with Crippen LogP contribution in [0.3, 0.4) is 0 Å². The summed E-state index contributed by atoms with van der Waals surface area (Å²) in [5.74, 6) is 0.504. The predicted octanol–water partition coefficient (Wildman–Crippen LogP) is -0.616. The fourth-order valence-corrected chi connectivity index (χ4v) is 1.52. The van der Waals surface area contributed by atoms with E-state index in [4.69, 9.17) is 14.6 Å². The van der Waals surface area contributed by atoms with Gasteiger partial charge in [0.1, 0.15) is 11.4 Å². The molecule has 0 aliphatic carbocycles. The molecule has 0 radical (unpaired) electrons. The van der Waals surface area contributed by atoms with Gasteiger partial charge in [-0.05, 0) is 12.1 Å². The number of hydrogen-bond acceptors (Lipinski definition) is 6. The van der Waals surface area contributed by atoms with Gasteiger partial charge in [-0.1, -0.05) is 5.21 Å². The van der Waals surface area contributed by atoms with Crippen LogP contribution in [0.4, 0.5) is 0 Å². The van der Waals surface area contributed by atoms with E-state index < -0.39 is 6.10 Å². The molecule has 0 aromatic carbocycles. The lowest BCUT2D eigenvalue weighted by Gasteiger charge is -2.09. The summed E-state index contributed by atoms with van der Waals surface area (Å²) in [5, 5.41) is 34.9. The number of aliphatic hydroxyl groups excluding tert-OH is 3. The summed E-state index contributed by atoms with van der Waals surface area (Å²) in [4.78, 5) is 0. The van der Waals surface area contributed by atoms with Crippen molar-refractivity contribution >= 4 is 0 Å². The van der Waals surface area contributed by atoms with Crippen LogP contribution >= 0.6 is 0 Å². The normalized spacial score (nSPS) is 12.9. The van der Waals surface area contributed by atoms with E-state index in [1.807, 2.05) is 0 Å². The standard InChI is InChI=1S/C10H13N3O4/c14-5-7(16)4-13-10(8(6-15)11-12-13)9-2-1-3-17-9/h1-3,7,14-16H,4-6H2. The summed E-state index contributed by atoms with van der Waals surface area (Å²) < 4.78 is 6.61. The van der Waals surface area contributed by atoms with Crippen molar-refractivity contribution < 1.29 is 19.7 Å². The van der Waals surface area contributed by atoms with Crippen LogP contribution in [-0.2, 0) is 13.2 Å². The maximum atomic E-state index is 9.38. The predicted molar refractivity (Wildman–Crippen MR) is 56.7 cm³/mol. The van der Waals surface area contributed by atoms with Crippen molar-refractivity contribution in [3.05, 3.63) is 24.1 Å². The van der Waals surface area contributed by atoms with Gasteiger partial charge in [0.2, 0.25) is 0 Å². The second-order valence-corrected chi connectivity index (χ2v) is 3.54. The highest BCUT2D eigenvalue weighted by Crippen LogP contribution is 2.22. The summed E-state index contributed by atoms with van der Waals surface area (Å²) in [6, 6.07) is 3.41. The Morgan fingerprint density at radius 3 is 2.82 bits per heavy atom. The number of nitrogens with zero attached hydrogens (tertiary/aromatic N) is 3. The van der Waals surface area contributed by atoms with Crippen LogP contribution in [0.2, 0.25) is 0 Å². The molecule has 0 fully saturated rings. The van der Waals surface area contributed by atoms with E-state index in [1.54, 1.807) is 12.1 Å². The Bertz CT molecular complexity index is 466. The van der Waals surface area contributed by atoms with Crippen LogP contribution in [0.25, 0.3) is 11.5 Å². The lowest BCUT2D eigenvalue weighted by atomic mass is 10.2. The Morgan fingerprint density at radius 1 is 1.41 bits per heavy atom. The van der Waals surface area contributed by atoms with Crippen molar-refractivity contribution in [2.75, 3.05) is 6.61 Å². The van der Waals surface area contributed by atoms with Gasteiger partial charge in [-0.15, -0.1) is 5.10 Å². The molecular formula is C10H13N3O4. The first-order chi connectivity index (χ1) is 8.26. The number of furan rings is 1. The molecule has 0 saturated heterocycles. The van der Waals surface area contributed by atoms with E-state index in [1.165, 1.54) is 10.9 Å². The summed E-state index contributed by atoms with van der Waals surface area (Å²) in [7, 11) is 0. The molecule has 0 saturated carbocycles. The lowest BCUT2D eigenvalue weighted by molar-refractivity contribution is 0.0781. The van der Waals surface area contributed by atoms with Crippen molar-refractivity contribution in [1.29, 1.82) is 0 Å². The van der Waals surface area contributed by atoms with E-state index >= 15 is 0 Å². The first-order valence-corrected chi connectivity index (χ1v) is 5.12. The van der Waals surface area contributed by atoms with Crippen molar-refractivity contribution in [1.82, 2.24) is 15.0 Å². The minimum atomic E-state index is -0.933. The van der Waals surface area contributed by atoms with E-state index in [-0.39, 0.29) is 19.8 Å².